The van der Waals surface area contributed by atoms with Crippen LogP contribution in [0.4, 0.5) is 0 Å². The van der Waals surface area contributed by atoms with Crippen LogP contribution in [0.15, 0.2) is 48.7 Å². The first-order valence-electron chi connectivity index (χ1n) is 6.86. The lowest BCUT2D eigenvalue weighted by Gasteiger charge is -2.10. The maximum Gasteiger partial charge on any atom is 0.231 e. The van der Waals surface area contributed by atoms with E-state index in [1.807, 2.05) is 36.4 Å². The van der Waals surface area contributed by atoms with E-state index in [0.717, 1.165) is 22.2 Å². The SMILES string of the molecule is Clc1cc2c(cc1COc1cccc3cccnc13)OCO2. The van der Waals surface area contributed by atoms with Crippen molar-refractivity contribution in [3.8, 4) is 17.2 Å². The lowest BCUT2D eigenvalue weighted by atomic mass is 10.2. The molecule has 0 amide bonds. The fourth-order valence-corrected chi connectivity index (χ4v) is 2.63. The Hall–Kier alpha value is -2.46. The zero-order chi connectivity index (χ0) is 14.9. The van der Waals surface area contributed by atoms with Crippen LogP contribution in [-0.4, -0.2) is 11.8 Å². The van der Waals surface area contributed by atoms with E-state index in [1.54, 1.807) is 12.3 Å². The highest BCUT2D eigenvalue weighted by atomic mass is 35.5. The first-order chi connectivity index (χ1) is 10.8. The molecule has 4 rings (SSSR count). The van der Waals surface area contributed by atoms with Crippen LogP contribution in [0.25, 0.3) is 10.9 Å². The van der Waals surface area contributed by atoms with Crippen molar-refractivity contribution >= 4 is 22.5 Å². The number of aromatic nitrogens is 1. The van der Waals surface area contributed by atoms with Gasteiger partial charge >= 0.3 is 0 Å². The molecule has 0 saturated heterocycles. The third-order valence-electron chi connectivity index (χ3n) is 3.52. The molecule has 3 aromatic rings. The summed E-state index contributed by atoms with van der Waals surface area (Å²) in [5.74, 6) is 2.09. The Kier molecular flexibility index (Phi) is 3.24. The third-order valence-corrected chi connectivity index (χ3v) is 3.87. The van der Waals surface area contributed by atoms with Gasteiger partial charge < -0.3 is 14.2 Å². The maximum absolute atomic E-state index is 6.26. The molecule has 1 aromatic heterocycles. The standard InChI is InChI=1S/C17H12ClNO3/c18-13-8-16-15(21-10-22-16)7-12(13)9-20-14-5-1-3-11-4-2-6-19-17(11)14/h1-8H,9-10H2. The normalized spacial score (nSPS) is 12.6. The number of para-hydroxylation sites is 1. The summed E-state index contributed by atoms with van der Waals surface area (Å²) in [6.45, 7) is 0.564. The predicted molar refractivity (Wildman–Crippen MR) is 83.7 cm³/mol. The number of pyridine rings is 1. The molecule has 0 bridgehead atoms. The van der Waals surface area contributed by atoms with Crippen molar-refractivity contribution in [1.29, 1.82) is 0 Å². The number of fused-ring (bicyclic) bond motifs is 2. The summed E-state index contributed by atoms with van der Waals surface area (Å²) in [5, 5.41) is 1.63. The van der Waals surface area contributed by atoms with E-state index in [1.165, 1.54) is 0 Å². The smallest absolute Gasteiger partial charge is 0.231 e. The molecule has 0 atom stereocenters. The largest absolute Gasteiger partial charge is 0.487 e. The lowest BCUT2D eigenvalue weighted by molar-refractivity contribution is 0.174. The Morgan fingerprint density at radius 1 is 1.09 bits per heavy atom. The van der Waals surface area contributed by atoms with E-state index in [9.17, 15) is 0 Å². The molecule has 0 spiro atoms. The molecule has 1 aliphatic rings. The van der Waals surface area contributed by atoms with Crippen LogP contribution in [0.2, 0.25) is 5.02 Å². The summed E-state index contributed by atoms with van der Waals surface area (Å²) in [5.41, 5.74) is 1.68. The molecule has 0 fully saturated rings. The van der Waals surface area contributed by atoms with Crippen LogP contribution in [0.5, 0.6) is 17.2 Å². The number of hydrogen-bond acceptors (Lipinski definition) is 4. The number of rotatable bonds is 3. The molecule has 2 aromatic carbocycles. The first-order valence-corrected chi connectivity index (χ1v) is 7.23. The van der Waals surface area contributed by atoms with Gasteiger partial charge in [-0.05, 0) is 18.2 Å². The molecule has 0 N–H and O–H groups in total. The molecular formula is C17H12ClNO3. The van der Waals surface area contributed by atoms with E-state index < -0.39 is 0 Å². The van der Waals surface area contributed by atoms with Gasteiger partial charge in [-0.25, -0.2) is 0 Å². The average Bonchev–Trinajstić information content (AvgIpc) is 2.99. The van der Waals surface area contributed by atoms with E-state index in [2.05, 4.69) is 4.98 Å². The first kappa shape index (κ1) is 13.2. The van der Waals surface area contributed by atoms with Crippen LogP contribution in [-0.2, 0) is 6.61 Å². The fourth-order valence-electron chi connectivity index (χ4n) is 2.42. The number of halogens is 1. The van der Waals surface area contributed by atoms with Crippen molar-refractivity contribution in [2.45, 2.75) is 6.61 Å². The maximum atomic E-state index is 6.26. The highest BCUT2D eigenvalue weighted by Gasteiger charge is 2.17. The Bertz CT molecular complexity index is 845. The molecule has 0 radical (unpaired) electrons. The summed E-state index contributed by atoms with van der Waals surface area (Å²) >= 11 is 6.26. The lowest BCUT2D eigenvalue weighted by Crippen LogP contribution is -1.98. The highest BCUT2D eigenvalue weighted by Crippen LogP contribution is 2.37. The minimum Gasteiger partial charge on any atom is -0.487 e. The second kappa shape index (κ2) is 5.39. The Balaban J connectivity index is 1.62. The molecule has 4 nitrogen and oxygen atoms in total. The monoisotopic (exact) mass is 313 g/mol. The van der Waals surface area contributed by atoms with Crippen molar-refractivity contribution in [3.05, 3.63) is 59.2 Å². The predicted octanol–water partition coefficient (Wildman–Crippen LogP) is 4.20. The summed E-state index contributed by atoms with van der Waals surface area (Å²) in [6.07, 6.45) is 1.75. The van der Waals surface area contributed by atoms with E-state index in [0.29, 0.717) is 23.1 Å². The molecule has 22 heavy (non-hydrogen) atoms. The average molecular weight is 314 g/mol. The second-order valence-electron chi connectivity index (χ2n) is 4.92. The van der Waals surface area contributed by atoms with Crippen LogP contribution in [0, 0.1) is 0 Å². The molecule has 0 unspecified atom stereocenters. The molecule has 110 valence electrons. The summed E-state index contributed by atoms with van der Waals surface area (Å²) < 4.78 is 16.6. The number of hydrogen-bond donors (Lipinski definition) is 0. The van der Waals surface area contributed by atoms with Crippen LogP contribution < -0.4 is 14.2 Å². The third kappa shape index (κ3) is 2.31. The van der Waals surface area contributed by atoms with Crippen molar-refractivity contribution < 1.29 is 14.2 Å². The molecule has 0 saturated carbocycles. The van der Waals surface area contributed by atoms with E-state index in [4.69, 9.17) is 25.8 Å². The van der Waals surface area contributed by atoms with Crippen molar-refractivity contribution in [1.82, 2.24) is 4.98 Å². The van der Waals surface area contributed by atoms with Gasteiger partial charge in [0.25, 0.3) is 0 Å². The zero-order valence-corrected chi connectivity index (χ0v) is 12.3. The Labute approximate surface area is 132 Å². The minimum absolute atomic E-state index is 0.225. The van der Waals surface area contributed by atoms with Gasteiger partial charge in [0, 0.05) is 23.2 Å². The van der Waals surface area contributed by atoms with Crippen LogP contribution in [0.1, 0.15) is 5.56 Å². The summed E-state index contributed by atoms with van der Waals surface area (Å²) in [7, 11) is 0. The number of benzene rings is 2. The van der Waals surface area contributed by atoms with Gasteiger partial charge in [0.15, 0.2) is 11.5 Å². The van der Waals surface area contributed by atoms with Gasteiger partial charge in [0.2, 0.25) is 6.79 Å². The summed E-state index contributed by atoms with van der Waals surface area (Å²) in [6, 6.07) is 13.4. The number of nitrogens with zero attached hydrogens (tertiary/aromatic N) is 1. The van der Waals surface area contributed by atoms with Gasteiger partial charge in [-0.1, -0.05) is 29.8 Å². The Morgan fingerprint density at radius 3 is 2.82 bits per heavy atom. The fraction of sp³-hybridized carbons (Fsp3) is 0.118. The molecule has 2 heterocycles. The second-order valence-corrected chi connectivity index (χ2v) is 5.32. The molecule has 0 aliphatic carbocycles. The zero-order valence-electron chi connectivity index (χ0n) is 11.6. The topological polar surface area (TPSA) is 40.6 Å². The van der Waals surface area contributed by atoms with Crippen LogP contribution >= 0.6 is 11.6 Å². The van der Waals surface area contributed by atoms with Crippen molar-refractivity contribution in [3.63, 3.8) is 0 Å². The van der Waals surface area contributed by atoms with E-state index >= 15 is 0 Å². The Morgan fingerprint density at radius 2 is 1.91 bits per heavy atom. The molecule has 5 heteroatoms. The van der Waals surface area contributed by atoms with Gasteiger partial charge in [-0.2, -0.15) is 0 Å². The molecular weight excluding hydrogens is 302 g/mol. The number of ether oxygens (including phenoxy) is 3. The van der Waals surface area contributed by atoms with Gasteiger partial charge in [-0.15, -0.1) is 0 Å². The van der Waals surface area contributed by atoms with Crippen molar-refractivity contribution in [2.75, 3.05) is 6.79 Å². The molecule has 1 aliphatic heterocycles. The van der Waals surface area contributed by atoms with Crippen molar-refractivity contribution in [2.24, 2.45) is 0 Å². The van der Waals surface area contributed by atoms with Gasteiger partial charge in [0.05, 0.1) is 5.02 Å². The van der Waals surface area contributed by atoms with Gasteiger partial charge in [-0.3, -0.25) is 4.98 Å². The highest BCUT2D eigenvalue weighted by molar-refractivity contribution is 6.31. The van der Waals surface area contributed by atoms with Crippen LogP contribution in [0.3, 0.4) is 0 Å². The van der Waals surface area contributed by atoms with E-state index in [-0.39, 0.29) is 6.79 Å². The van der Waals surface area contributed by atoms with Gasteiger partial charge in [0.1, 0.15) is 17.9 Å². The quantitative estimate of drug-likeness (QED) is 0.726. The minimum atomic E-state index is 0.225. The summed E-state index contributed by atoms with van der Waals surface area (Å²) in [4.78, 5) is 4.37.